The summed E-state index contributed by atoms with van der Waals surface area (Å²) in [6.07, 6.45) is -0.00104. The van der Waals surface area contributed by atoms with Gasteiger partial charge in [0.25, 0.3) is 5.91 Å². The van der Waals surface area contributed by atoms with Gasteiger partial charge in [0.1, 0.15) is 5.75 Å². The van der Waals surface area contributed by atoms with Crippen LogP contribution in [0.5, 0.6) is 5.75 Å². The van der Waals surface area contributed by atoms with Gasteiger partial charge in [-0.2, -0.15) is 0 Å². The Balaban J connectivity index is 2.06. The molecule has 4 heteroatoms. The number of halogens is 1. The van der Waals surface area contributed by atoms with Gasteiger partial charge in [-0.25, -0.2) is 0 Å². The monoisotopic (exact) mass is 345 g/mol. The molecular formula is C20H24ClNO2. The number of hydrogen-bond donors (Lipinski definition) is 1. The highest BCUT2D eigenvalue weighted by atomic mass is 35.5. The number of carbonyl (C=O) groups is 1. The summed E-state index contributed by atoms with van der Waals surface area (Å²) in [6, 6.07) is 15.0. The topological polar surface area (TPSA) is 38.3 Å². The molecule has 0 spiro atoms. The Morgan fingerprint density at radius 3 is 2.29 bits per heavy atom. The first-order chi connectivity index (χ1) is 11.3. The quantitative estimate of drug-likeness (QED) is 0.784. The van der Waals surface area contributed by atoms with Crippen molar-refractivity contribution in [2.24, 2.45) is 0 Å². The van der Waals surface area contributed by atoms with Gasteiger partial charge < -0.3 is 10.1 Å². The zero-order chi connectivity index (χ0) is 17.7. The lowest BCUT2D eigenvalue weighted by Crippen LogP contribution is -2.32. The van der Waals surface area contributed by atoms with E-state index in [1.807, 2.05) is 43.3 Å². The van der Waals surface area contributed by atoms with E-state index < -0.39 is 6.10 Å². The summed E-state index contributed by atoms with van der Waals surface area (Å²) in [7, 11) is 0. The van der Waals surface area contributed by atoms with Crippen LogP contribution in [0, 0.1) is 0 Å². The van der Waals surface area contributed by atoms with Crippen molar-refractivity contribution in [3.05, 3.63) is 59.1 Å². The summed E-state index contributed by atoms with van der Waals surface area (Å²) in [6.45, 7) is 8.40. The van der Waals surface area contributed by atoms with E-state index in [1.165, 1.54) is 5.56 Å². The van der Waals surface area contributed by atoms with Crippen LogP contribution < -0.4 is 10.1 Å². The average molecular weight is 346 g/mol. The number of anilines is 1. The number of hydrogen-bond acceptors (Lipinski definition) is 2. The van der Waals surface area contributed by atoms with Gasteiger partial charge in [-0.05, 0) is 41.7 Å². The standard InChI is InChI=1S/C20H24ClNO2/c1-5-18(19(23)22-17-9-7-6-8-16(17)21)24-15-12-10-14(11-13-15)20(2,3)4/h6-13,18H,5H2,1-4H3,(H,22,23). The maximum Gasteiger partial charge on any atom is 0.265 e. The predicted octanol–water partition coefficient (Wildman–Crippen LogP) is 5.43. The van der Waals surface area contributed by atoms with Crippen molar-refractivity contribution >= 4 is 23.2 Å². The number of rotatable bonds is 5. The van der Waals surface area contributed by atoms with E-state index in [4.69, 9.17) is 16.3 Å². The first-order valence-electron chi connectivity index (χ1n) is 8.14. The van der Waals surface area contributed by atoms with Crippen molar-refractivity contribution in [3.63, 3.8) is 0 Å². The number of ether oxygens (including phenoxy) is 1. The summed E-state index contributed by atoms with van der Waals surface area (Å²) in [4.78, 5) is 12.4. The summed E-state index contributed by atoms with van der Waals surface area (Å²) in [5.41, 5.74) is 1.90. The van der Waals surface area contributed by atoms with Crippen molar-refractivity contribution in [2.75, 3.05) is 5.32 Å². The van der Waals surface area contributed by atoms with Crippen molar-refractivity contribution in [1.82, 2.24) is 0 Å². The predicted molar refractivity (Wildman–Crippen MR) is 99.9 cm³/mol. The van der Waals surface area contributed by atoms with Crippen LogP contribution >= 0.6 is 11.6 Å². The molecule has 0 saturated heterocycles. The molecule has 1 atom stereocenters. The third-order valence-corrected chi connectivity index (χ3v) is 4.12. The fourth-order valence-corrected chi connectivity index (χ4v) is 2.48. The summed E-state index contributed by atoms with van der Waals surface area (Å²) >= 11 is 6.08. The second kappa shape index (κ2) is 7.71. The Kier molecular flexibility index (Phi) is 5.89. The fourth-order valence-electron chi connectivity index (χ4n) is 2.30. The maximum absolute atomic E-state index is 12.4. The molecule has 2 aromatic rings. The van der Waals surface area contributed by atoms with E-state index >= 15 is 0 Å². The minimum absolute atomic E-state index is 0.0874. The Labute approximate surface area is 149 Å². The molecule has 24 heavy (non-hydrogen) atoms. The Hall–Kier alpha value is -2.00. The highest BCUT2D eigenvalue weighted by Crippen LogP contribution is 2.25. The van der Waals surface area contributed by atoms with Crippen molar-refractivity contribution in [1.29, 1.82) is 0 Å². The molecule has 128 valence electrons. The van der Waals surface area contributed by atoms with Gasteiger partial charge >= 0.3 is 0 Å². The van der Waals surface area contributed by atoms with Crippen LogP contribution in [0.1, 0.15) is 39.7 Å². The van der Waals surface area contributed by atoms with Crippen LogP contribution in [0.25, 0.3) is 0 Å². The largest absolute Gasteiger partial charge is 0.481 e. The number of nitrogens with one attached hydrogen (secondary N) is 1. The molecule has 0 aliphatic rings. The first kappa shape index (κ1) is 18.3. The van der Waals surface area contributed by atoms with Crippen LogP contribution in [-0.2, 0) is 10.2 Å². The summed E-state index contributed by atoms with van der Waals surface area (Å²) in [5, 5.41) is 3.33. The molecule has 0 bridgehead atoms. The normalized spacial score (nSPS) is 12.5. The number of para-hydroxylation sites is 1. The molecule has 1 N–H and O–H groups in total. The lowest BCUT2D eigenvalue weighted by Gasteiger charge is -2.21. The second-order valence-electron chi connectivity index (χ2n) is 6.76. The average Bonchev–Trinajstić information content (AvgIpc) is 2.54. The Morgan fingerprint density at radius 2 is 1.75 bits per heavy atom. The molecule has 0 heterocycles. The minimum Gasteiger partial charge on any atom is -0.481 e. The highest BCUT2D eigenvalue weighted by molar-refractivity contribution is 6.33. The van der Waals surface area contributed by atoms with Gasteiger partial charge in [0, 0.05) is 0 Å². The van der Waals surface area contributed by atoms with Gasteiger partial charge in [-0.15, -0.1) is 0 Å². The van der Waals surface area contributed by atoms with Gasteiger partial charge in [-0.1, -0.05) is 63.6 Å². The van der Waals surface area contributed by atoms with E-state index in [2.05, 4.69) is 26.1 Å². The molecule has 0 saturated carbocycles. The highest BCUT2D eigenvalue weighted by Gasteiger charge is 2.20. The van der Waals surface area contributed by atoms with Gasteiger partial charge in [0.2, 0.25) is 0 Å². The molecule has 2 rings (SSSR count). The molecule has 0 aliphatic heterocycles. The summed E-state index contributed by atoms with van der Waals surface area (Å²) < 4.78 is 5.85. The smallest absolute Gasteiger partial charge is 0.265 e. The molecule has 1 unspecified atom stereocenters. The van der Waals surface area contributed by atoms with Crippen molar-refractivity contribution < 1.29 is 9.53 Å². The van der Waals surface area contributed by atoms with Gasteiger partial charge in [0.15, 0.2) is 6.10 Å². The van der Waals surface area contributed by atoms with Gasteiger partial charge in [-0.3, -0.25) is 4.79 Å². The molecular weight excluding hydrogens is 322 g/mol. The van der Waals surface area contributed by atoms with E-state index in [1.54, 1.807) is 12.1 Å². The Morgan fingerprint density at radius 1 is 1.12 bits per heavy atom. The minimum atomic E-state index is -0.568. The third kappa shape index (κ3) is 4.75. The second-order valence-corrected chi connectivity index (χ2v) is 7.17. The van der Waals surface area contributed by atoms with E-state index in [0.29, 0.717) is 22.9 Å². The molecule has 0 aromatic heterocycles. The van der Waals surface area contributed by atoms with Crippen molar-refractivity contribution in [2.45, 2.75) is 45.6 Å². The number of amides is 1. The molecule has 0 aliphatic carbocycles. The molecule has 1 amide bonds. The third-order valence-electron chi connectivity index (χ3n) is 3.79. The lowest BCUT2D eigenvalue weighted by molar-refractivity contribution is -0.122. The fraction of sp³-hybridized carbons (Fsp3) is 0.350. The Bertz CT molecular complexity index is 690. The van der Waals surface area contributed by atoms with E-state index in [9.17, 15) is 4.79 Å². The lowest BCUT2D eigenvalue weighted by atomic mass is 9.87. The molecule has 0 radical (unpaired) electrons. The zero-order valence-electron chi connectivity index (χ0n) is 14.6. The van der Waals surface area contributed by atoms with Crippen LogP contribution in [-0.4, -0.2) is 12.0 Å². The van der Waals surface area contributed by atoms with Crippen LogP contribution in [0.3, 0.4) is 0 Å². The summed E-state index contributed by atoms with van der Waals surface area (Å²) in [5.74, 6) is 0.481. The van der Waals surface area contributed by atoms with Crippen LogP contribution in [0.4, 0.5) is 5.69 Å². The van der Waals surface area contributed by atoms with E-state index in [0.717, 1.165) is 0 Å². The van der Waals surface area contributed by atoms with Crippen LogP contribution in [0.2, 0.25) is 5.02 Å². The first-order valence-corrected chi connectivity index (χ1v) is 8.51. The molecule has 0 fully saturated rings. The molecule has 2 aromatic carbocycles. The van der Waals surface area contributed by atoms with Crippen LogP contribution in [0.15, 0.2) is 48.5 Å². The number of carbonyl (C=O) groups excluding carboxylic acids is 1. The van der Waals surface area contributed by atoms with E-state index in [-0.39, 0.29) is 11.3 Å². The van der Waals surface area contributed by atoms with Gasteiger partial charge in [0.05, 0.1) is 10.7 Å². The SMILES string of the molecule is CCC(Oc1ccc(C(C)(C)C)cc1)C(=O)Nc1ccccc1Cl. The maximum atomic E-state index is 12.4. The number of benzene rings is 2. The van der Waals surface area contributed by atoms with Crippen molar-refractivity contribution in [3.8, 4) is 5.75 Å². The molecule has 3 nitrogen and oxygen atoms in total. The zero-order valence-corrected chi connectivity index (χ0v) is 15.4.